The van der Waals surface area contributed by atoms with Gasteiger partial charge in [0.2, 0.25) is 0 Å². The van der Waals surface area contributed by atoms with E-state index in [1.54, 1.807) is 11.3 Å². The van der Waals surface area contributed by atoms with Gasteiger partial charge in [0.15, 0.2) is 0 Å². The average molecular weight is 309 g/mol. The van der Waals surface area contributed by atoms with Gasteiger partial charge >= 0.3 is 6.03 Å². The minimum atomic E-state index is -0.112. The van der Waals surface area contributed by atoms with Crippen molar-refractivity contribution in [1.82, 2.24) is 15.6 Å². The molecule has 2 fully saturated rings. The predicted molar refractivity (Wildman–Crippen MR) is 82.3 cm³/mol. The van der Waals surface area contributed by atoms with Crippen molar-refractivity contribution in [2.24, 2.45) is 17.8 Å². The van der Waals surface area contributed by atoms with Crippen molar-refractivity contribution < 1.29 is 9.90 Å². The van der Waals surface area contributed by atoms with Crippen LogP contribution in [0, 0.1) is 24.7 Å². The summed E-state index contributed by atoms with van der Waals surface area (Å²) in [5.74, 6) is 1.40. The fourth-order valence-corrected chi connectivity index (χ4v) is 4.69. The third-order valence-corrected chi connectivity index (χ3v) is 5.86. The Balaban J connectivity index is 1.44. The van der Waals surface area contributed by atoms with Crippen LogP contribution < -0.4 is 10.6 Å². The molecule has 21 heavy (non-hydrogen) atoms. The summed E-state index contributed by atoms with van der Waals surface area (Å²) in [7, 11) is 0. The molecule has 3 rings (SSSR count). The van der Waals surface area contributed by atoms with Crippen molar-refractivity contribution in [2.45, 2.75) is 38.6 Å². The van der Waals surface area contributed by atoms with Crippen molar-refractivity contribution >= 4 is 17.4 Å². The lowest BCUT2D eigenvalue weighted by Gasteiger charge is -2.30. The van der Waals surface area contributed by atoms with Gasteiger partial charge in [0, 0.05) is 42.6 Å². The van der Waals surface area contributed by atoms with Crippen LogP contribution in [0.1, 0.15) is 29.1 Å². The van der Waals surface area contributed by atoms with Crippen molar-refractivity contribution in [3.63, 3.8) is 0 Å². The number of aromatic nitrogens is 1. The van der Waals surface area contributed by atoms with Crippen molar-refractivity contribution in [2.75, 3.05) is 13.2 Å². The molecule has 5 nitrogen and oxygen atoms in total. The Hall–Kier alpha value is -1.14. The molecule has 2 bridgehead atoms. The van der Waals surface area contributed by atoms with Crippen LogP contribution in [0.3, 0.4) is 0 Å². The molecule has 0 radical (unpaired) electrons. The first-order chi connectivity index (χ1) is 10.2. The monoisotopic (exact) mass is 309 g/mol. The number of amides is 2. The number of rotatable bonds is 5. The van der Waals surface area contributed by atoms with Gasteiger partial charge < -0.3 is 15.7 Å². The van der Waals surface area contributed by atoms with Gasteiger partial charge in [-0.25, -0.2) is 9.78 Å². The largest absolute Gasteiger partial charge is 0.396 e. The Kier molecular flexibility index (Phi) is 4.45. The van der Waals surface area contributed by atoms with Crippen LogP contribution in [0.5, 0.6) is 0 Å². The van der Waals surface area contributed by atoms with E-state index in [4.69, 9.17) is 0 Å². The predicted octanol–water partition coefficient (Wildman–Crippen LogP) is 1.70. The lowest BCUT2D eigenvalue weighted by Crippen LogP contribution is -2.49. The Labute approximate surface area is 129 Å². The highest BCUT2D eigenvalue weighted by molar-refractivity contribution is 7.11. The Morgan fingerprint density at radius 2 is 2.29 bits per heavy atom. The van der Waals surface area contributed by atoms with E-state index in [1.165, 1.54) is 17.7 Å². The molecule has 4 atom stereocenters. The molecule has 2 saturated carbocycles. The summed E-state index contributed by atoms with van der Waals surface area (Å²) in [4.78, 5) is 17.5. The second-order valence-corrected chi connectivity index (χ2v) is 7.54. The van der Waals surface area contributed by atoms with Crippen LogP contribution in [-0.4, -0.2) is 35.3 Å². The summed E-state index contributed by atoms with van der Waals surface area (Å²) in [6, 6.07) is 0.0372. The molecule has 2 aliphatic rings. The fourth-order valence-electron chi connectivity index (χ4n) is 3.90. The summed E-state index contributed by atoms with van der Waals surface area (Å²) >= 11 is 1.67. The van der Waals surface area contributed by atoms with E-state index in [0.717, 1.165) is 17.8 Å². The molecule has 0 aromatic carbocycles. The molecule has 0 saturated heterocycles. The highest BCUT2D eigenvalue weighted by atomic mass is 32.1. The summed E-state index contributed by atoms with van der Waals surface area (Å²) < 4.78 is 0. The minimum absolute atomic E-state index is 0.112. The van der Waals surface area contributed by atoms with E-state index in [0.29, 0.717) is 18.4 Å². The number of hydrogen-bond acceptors (Lipinski definition) is 4. The number of carbonyl (C=O) groups is 1. The van der Waals surface area contributed by atoms with Gasteiger partial charge in [0.25, 0.3) is 0 Å². The first-order valence-corrected chi connectivity index (χ1v) is 8.55. The molecular weight excluding hydrogens is 286 g/mol. The van der Waals surface area contributed by atoms with Gasteiger partial charge in [0.1, 0.15) is 0 Å². The van der Waals surface area contributed by atoms with Gasteiger partial charge in [-0.15, -0.1) is 11.3 Å². The number of nitrogens with zero attached hydrogens (tertiary/aromatic N) is 1. The van der Waals surface area contributed by atoms with Crippen LogP contribution in [0.15, 0.2) is 6.20 Å². The molecule has 0 spiro atoms. The second-order valence-electron chi connectivity index (χ2n) is 6.22. The number of urea groups is 1. The summed E-state index contributed by atoms with van der Waals surface area (Å²) in [6.07, 6.45) is 6.19. The first-order valence-electron chi connectivity index (χ1n) is 7.74. The second kappa shape index (κ2) is 6.32. The molecular formula is C15H23N3O2S. The Morgan fingerprint density at radius 3 is 3.00 bits per heavy atom. The van der Waals surface area contributed by atoms with Gasteiger partial charge in [-0.2, -0.15) is 0 Å². The van der Waals surface area contributed by atoms with E-state index in [-0.39, 0.29) is 24.6 Å². The maximum absolute atomic E-state index is 12.0. The smallest absolute Gasteiger partial charge is 0.315 e. The molecule has 6 heteroatoms. The van der Waals surface area contributed by atoms with Gasteiger partial charge in [-0.3, -0.25) is 0 Å². The molecule has 2 amide bonds. The zero-order chi connectivity index (χ0) is 14.8. The molecule has 1 aromatic rings. The molecule has 116 valence electrons. The van der Waals surface area contributed by atoms with Gasteiger partial charge in [-0.05, 0) is 38.0 Å². The third-order valence-electron chi connectivity index (χ3n) is 4.89. The van der Waals surface area contributed by atoms with Crippen molar-refractivity contribution in [3.05, 3.63) is 16.1 Å². The number of carbonyl (C=O) groups excluding carboxylic acids is 1. The molecule has 1 heterocycles. The third kappa shape index (κ3) is 3.21. The number of aliphatic hydroxyl groups excluding tert-OH is 1. The number of aliphatic hydroxyl groups is 1. The van der Waals surface area contributed by atoms with Gasteiger partial charge in [0.05, 0.1) is 5.01 Å². The lowest BCUT2D eigenvalue weighted by molar-refractivity contribution is 0.144. The number of aryl methyl sites for hydroxylation is 1. The summed E-state index contributed by atoms with van der Waals surface area (Å²) in [6.45, 7) is 2.82. The van der Waals surface area contributed by atoms with E-state index in [1.807, 2.05) is 13.1 Å². The van der Waals surface area contributed by atoms with Crippen molar-refractivity contribution in [1.29, 1.82) is 0 Å². The normalized spacial score (nSPS) is 30.6. The molecule has 3 N–H and O–H groups in total. The molecule has 0 aliphatic heterocycles. The van der Waals surface area contributed by atoms with Crippen molar-refractivity contribution in [3.8, 4) is 0 Å². The zero-order valence-electron chi connectivity index (χ0n) is 12.3. The zero-order valence-corrected chi connectivity index (χ0v) is 13.2. The van der Waals surface area contributed by atoms with Crippen LogP contribution >= 0.6 is 11.3 Å². The number of thiazole rings is 1. The molecule has 1 aromatic heterocycles. The van der Waals surface area contributed by atoms with Crippen LogP contribution in [-0.2, 0) is 6.42 Å². The highest BCUT2D eigenvalue weighted by Crippen LogP contribution is 2.48. The van der Waals surface area contributed by atoms with Crippen LogP contribution in [0.2, 0.25) is 0 Å². The topological polar surface area (TPSA) is 74.2 Å². The maximum Gasteiger partial charge on any atom is 0.315 e. The standard InChI is InChI=1S/C15H23N3O2S/c1-9-7-17-13(21-9)4-5-16-15(20)18-14-11-3-2-10(6-11)12(14)8-19/h7,10-12,14,19H,2-6,8H2,1H3,(H2,16,18,20). The van der Waals surface area contributed by atoms with E-state index in [9.17, 15) is 9.90 Å². The summed E-state index contributed by atoms with van der Waals surface area (Å²) in [5, 5.41) is 16.6. The first kappa shape index (κ1) is 14.8. The minimum Gasteiger partial charge on any atom is -0.396 e. The average Bonchev–Trinajstić information content (AvgIpc) is 3.15. The fraction of sp³-hybridized carbons (Fsp3) is 0.733. The van der Waals surface area contributed by atoms with Crippen LogP contribution in [0.25, 0.3) is 0 Å². The number of hydrogen-bond donors (Lipinski definition) is 3. The number of fused-ring (bicyclic) bond motifs is 2. The Bertz CT molecular complexity index is 505. The van der Waals surface area contributed by atoms with Gasteiger partial charge in [-0.1, -0.05) is 0 Å². The molecule has 2 aliphatic carbocycles. The quantitative estimate of drug-likeness (QED) is 0.775. The summed E-state index contributed by atoms with van der Waals surface area (Å²) in [5.41, 5.74) is 0. The Morgan fingerprint density at radius 1 is 1.48 bits per heavy atom. The van der Waals surface area contributed by atoms with E-state index < -0.39 is 0 Å². The molecule has 4 unspecified atom stereocenters. The van der Waals surface area contributed by atoms with E-state index in [2.05, 4.69) is 15.6 Å². The van der Waals surface area contributed by atoms with Crippen LogP contribution in [0.4, 0.5) is 4.79 Å². The SMILES string of the molecule is Cc1cnc(CCNC(=O)NC2C3CCC(C3)C2CO)s1. The maximum atomic E-state index is 12.0. The lowest BCUT2D eigenvalue weighted by atomic mass is 9.85. The highest BCUT2D eigenvalue weighted by Gasteiger charge is 2.47. The number of nitrogens with one attached hydrogen (secondary N) is 2. The van der Waals surface area contributed by atoms with E-state index >= 15 is 0 Å².